The molecule has 2 N–H and O–H groups in total. The molecule has 264 valence electrons. The van der Waals surface area contributed by atoms with Gasteiger partial charge in [0.05, 0.1) is 16.0 Å². The Hall–Kier alpha value is -4.27. The molecular formula is C38H44ClN5O6. The molecule has 5 amide bonds. The molecule has 4 aliphatic rings. The van der Waals surface area contributed by atoms with Crippen LogP contribution in [0, 0.1) is 27.6 Å². The predicted molar refractivity (Wildman–Crippen MR) is 185 cm³/mol. The van der Waals surface area contributed by atoms with Crippen molar-refractivity contribution in [1.29, 1.82) is 5.26 Å². The van der Waals surface area contributed by atoms with E-state index < -0.39 is 17.4 Å². The standard InChI is InChI=1S/C38H44ClN5O6/c1-36(2)33(37(3,4)34(36)50-26-12-11-25(22-40)27(39)20-26)42-31(47)24-9-7-23(8-10-24)6-5-17-43-18-15-38(16-19-43)21-30(46)44(35(38)49)28-13-14-29(45)41-32(28)48/h7-12,20,28,33-34H,5-6,13-19,21H2,1-4H3,(H,42,47)(H,41,45,48)/t28-,33?,34?/m1/s1. The highest BCUT2D eigenvalue weighted by molar-refractivity contribution is 6.31. The SMILES string of the molecule is CC1(C)C(NC(=O)c2ccc(CCCN3CCC4(CC3)CC(=O)N([C@@H]3CCC(=O)NC3=O)C4=O)cc2)C(C)(C)C1Oc1ccc(C#N)c(Cl)c1. The zero-order chi connectivity index (χ0) is 36.0. The van der Waals surface area contributed by atoms with E-state index >= 15 is 0 Å². The number of ether oxygens (including phenoxy) is 1. The molecule has 0 aromatic heterocycles. The molecule has 3 heterocycles. The van der Waals surface area contributed by atoms with E-state index in [9.17, 15) is 29.2 Å². The Morgan fingerprint density at radius 2 is 1.72 bits per heavy atom. The second kappa shape index (κ2) is 13.5. The molecule has 0 unspecified atom stereocenters. The van der Waals surface area contributed by atoms with Crippen LogP contribution in [0.15, 0.2) is 42.5 Å². The van der Waals surface area contributed by atoms with Gasteiger partial charge in [0, 0.05) is 41.3 Å². The maximum Gasteiger partial charge on any atom is 0.251 e. The quantitative estimate of drug-likeness (QED) is 0.366. The van der Waals surface area contributed by atoms with Crippen molar-refractivity contribution in [3.63, 3.8) is 0 Å². The van der Waals surface area contributed by atoms with Gasteiger partial charge in [0.25, 0.3) is 5.91 Å². The molecule has 50 heavy (non-hydrogen) atoms. The molecule has 0 radical (unpaired) electrons. The second-order valence-electron chi connectivity index (χ2n) is 15.4. The number of carbonyl (C=O) groups excluding carboxylic acids is 5. The molecule has 3 saturated heterocycles. The Bertz CT molecular complexity index is 1740. The van der Waals surface area contributed by atoms with Crippen LogP contribution in [0.3, 0.4) is 0 Å². The van der Waals surface area contributed by atoms with Gasteiger partial charge in [-0.05, 0) is 81.6 Å². The summed E-state index contributed by atoms with van der Waals surface area (Å²) in [7, 11) is 0. The number of hydrogen-bond donors (Lipinski definition) is 2. The number of aryl methyl sites for hydroxylation is 1. The number of nitriles is 1. The minimum Gasteiger partial charge on any atom is -0.489 e. The monoisotopic (exact) mass is 701 g/mol. The third-order valence-electron chi connectivity index (χ3n) is 11.4. The van der Waals surface area contributed by atoms with Gasteiger partial charge in [0.1, 0.15) is 24.0 Å². The molecule has 1 atom stereocenters. The summed E-state index contributed by atoms with van der Waals surface area (Å²) in [6, 6.07) is 13.8. The summed E-state index contributed by atoms with van der Waals surface area (Å²) in [6.07, 6.45) is 3.11. The summed E-state index contributed by atoms with van der Waals surface area (Å²) in [4.78, 5) is 67.0. The Morgan fingerprint density at radius 3 is 2.34 bits per heavy atom. The highest BCUT2D eigenvalue weighted by Gasteiger charge is 2.64. The lowest BCUT2D eigenvalue weighted by atomic mass is 9.49. The van der Waals surface area contributed by atoms with E-state index in [1.165, 1.54) is 0 Å². The average Bonchev–Trinajstić information content (AvgIpc) is 3.31. The first kappa shape index (κ1) is 35.6. The van der Waals surface area contributed by atoms with Gasteiger partial charge in [-0.3, -0.25) is 34.2 Å². The highest BCUT2D eigenvalue weighted by Crippen LogP contribution is 2.55. The number of benzene rings is 2. The fourth-order valence-corrected chi connectivity index (χ4v) is 9.01. The maximum absolute atomic E-state index is 13.4. The van der Waals surface area contributed by atoms with E-state index in [0.29, 0.717) is 47.8 Å². The third-order valence-corrected chi connectivity index (χ3v) is 11.7. The minimum atomic E-state index is -0.895. The number of carbonyl (C=O) groups is 5. The van der Waals surface area contributed by atoms with Crippen LogP contribution in [0.5, 0.6) is 5.75 Å². The van der Waals surface area contributed by atoms with Gasteiger partial charge in [-0.15, -0.1) is 0 Å². The molecule has 1 spiro atoms. The first-order valence-corrected chi connectivity index (χ1v) is 17.7. The lowest BCUT2D eigenvalue weighted by Gasteiger charge is -2.63. The van der Waals surface area contributed by atoms with Crippen LogP contribution in [0.4, 0.5) is 0 Å². The first-order valence-electron chi connectivity index (χ1n) is 17.3. The number of halogens is 1. The predicted octanol–water partition coefficient (Wildman–Crippen LogP) is 4.40. The molecule has 6 rings (SSSR count). The fourth-order valence-electron chi connectivity index (χ4n) is 8.80. The number of likely N-dealkylation sites (tertiary alicyclic amines) is 2. The van der Waals surface area contributed by atoms with Crippen LogP contribution in [0.1, 0.15) is 87.7 Å². The zero-order valence-corrected chi connectivity index (χ0v) is 29.8. The van der Waals surface area contributed by atoms with Crippen LogP contribution >= 0.6 is 11.6 Å². The molecule has 1 saturated carbocycles. The first-order chi connectivity index (χ1) is 23.7. The Morgan fingerprint density at radius 1 is 1.04 bits per heavy atom. The summed E-state index contributed by atoms with van der Waals surface area (Å²) in [5.41, 5.74) is 0.630. The van der Waals surface area contributed by atoms with E-state index in [2.05, 4.69) is 49.3 Å². The van der Waals surface area contributed by atoms with Crippen molar-refractivity contribution in [2.24, 2.45) is 16.2 Å². The molecule has 3 aliphatic heterocycles. The van der Waals surface area contributed by atoms with Crippen molar-refractivity contribution in [3.05, 3.63) is 64.2 Å². The summed E-state index contributed by atoms with van der Waals surface area (Å²) in [5, 5.41) is 15.0. The number of piperidine rings is 2. The maximum atomic E-state index is 13.4. The van der Waals surface area contributed by atoms with Crippen LogP contribution in [-0.4, -0.2) is 77.2 Å². The number of nitrogens with zero attached hydrogens (tertiary/aromatic N) is 3. The summed E-state index contributed by atoms with van der Waals surface area (Å²) >= 11 is 6.22. The lowest BCUT2D eigenvalue weighted by Crippen LogP contribution is -2.74. The van der Waals surface area contributed by atoms with Crippen molar-refractivity contribution in [2.45, 2.75) is 90.8 Å². The van der Waals surface area contributed by atoms with E-state index in [1.54, 1.807) is 18.2 Å². The molecule has 1 aliphatic carbocycles. The van der Waals surface area contributed by atoms with Crippen LogP contribution in [-0.2, 0) is 25.6 Å². The molecule has 2 aromatic rings. The van der Waals surface area contributed by atoms with Gasteiger partial charge in [-0.25, -0.2) is 0 Å². The molecule has 2 aromatic carbocycles. The number of nitrogens with one attached hydrogen (secondary N) is 2. The zero-order valence-electron chi connectivity index (χ0n) is 29.0. The van der Waals surface area contributed by atoms with Crippen molar-refractivity contribution in [3.8, 4) is 11.8 Å². The van der Waals surface area contributed by atoms with Crippen molar-refractivity contribution in [1.82, 2.24) is 20.4 Å². The van der Waals surface area contributed by atoms with Gasteiger partial charge in [0.2, 0.25) is 23.6 Å². The number of rotatable bonds is 9. The van der Waals surface area contributed by atoms with Crippen LogP contribution in [0.2, 0.25) is 5.02 Å². The molecular weight excluding hydrogens is 658 g/mol. The largest absolute Gasteiger partial charge is 0.489 e. The Balaban J connectivity index is 0.961. The van der Waals surface area contributed by atoms with Crippen molar-refractivity contribution < 1.29 is 28.7 Å². The number of amides is 5. The molecule has 11 nitrogen and oxygen atoms in total. The van der Waals surface area contributed by atoms with Crippen molar-refractivity contribution in [2.75, 3.05) is 19.6 Å². The Kier molecular flexibility index (Phi) is 9.57. The summed E-state index contributed by atoms with van der Waals surface area (Å²) in [5.74, 6) is -1.08. The van der Waals surface area contributed by atoms with E-state index in [-0.39, 0.29) is 65.9 Å². The summed E-state index contributed by atoms with van der Waals surface area (Å²) in [6.45, 7) is 10.5. The van der Waals surface area contributed by atoms with Crippen molar-refractivity contribution >= 4 is 41.1 Å². The topological polar surface area (TPSA) is 149 Å². The lowest BCUT2D eigenvalue weighted by molar-refractivity contribution is -0.164. The fraction of sp³-hybridized carbons (Fsp3) is 0.526. The van der Waals surface area contributed by atoms with Crippen LogP contribution in [0.25, 0.3) is 0 Å². The molecule has 12 heteroatoms. The highest BCUT2D eigenvalue weighted by atomic mass is 35.5. The van der Waals surface area contributed by atoms with Gasteiger partial charge in [0.15, 0.2) is 0 Å². The van der Waals surface area contributed by atoms with Gasteiger partial charge in [-0.1, -0.05) is 51.4 Å². The number of imide groups is 2. The third kappa shape index (κ3) is 6.51. The number of hydrogen-bond acceptors (Lipinski definition) is 8. The molecule has 4 fully saturated rings. The summed E-state index contributed by atoms with van der Waals surface area (Å²) < 4.78 is 6.34. The van der Waals surface area contributed by atoms with E-state index in [1.807, 2.05) is 24.3 Å². The van der Waals surface area contributed by atoms with E-state index in [4.69, 9.17) is 16.3 Å². The molecule has 0 bridgehead atoms. The normalized spacial score (nSPS) is 25.5. The smallest absolute Gasteiger partial charge is 0.251 e. The second-order valence-corrected chi connectivity index (χ2v) is 15.8. The van der Waals surface area contributed by atoms with E-state index in [0.717, 1.165) is 29.8 Å². The Labute approximate surface area is 297 Å². The van der Waals surface area contributed by atoms with Crippen LogP contribution < -0.4 is 15.4 Å². The van der Waals surface area contributed by atoms with Gasteiger partial charge >= 0.3 is 0 Å². The average molecular weight is 702 g/mol. The minimum absolute atomic E-state index is 0.120. The van der Waals surface area contributed by atoms with Gasteiger partial charge in [-0.2, -0.15) is 5.26 Å². The van der Waals surface area contributed by atoms with Gasteiger partial charge < -0.3 is 15.0 Å².